The van der Waals surface area contributed by atoms with Crippen LogP contribution in [0.3, 0.4) is 0 Å². The Hall–Kier alpha value is -3.65. The highest BCUT2D eigenvalue weighted by molar-refractivity contribution is 7.13. The number of halogens is 1. The van der Waals surface area contributed by atoms with Gasteiger partial charge in [-0.2, -0.15) is 5.10 Å². The number of nitrogens with zero attached hydrogens (tertiary/aromatic N) is 5. The van der Waals surface area contributed by atoms with Gasteiger partial charge in [0.15, 0.2) is 5.65 Å². The van der Waals surface area contributed by atoms with Crippen LogP contribution in [0.25, 0.3) is 27.3 Å². The molecule has 0 N–H and O–H groups in total. The zero-order valence-electron chi connectivity index (χ0n) is 15.1. The van der Waals surface area contributed by atoms with Crippen LogP contribution in [0.15, 0.2) is 77.3 Å². The SMILES string of the molecule is O=c1c2cnn(-c3ccccc3)c2ncn1Cc1csc(-c2ccc(F)cc2)n1. The van der Waals surface area contributed by atoms with E-state index in [1.165, 1.54) is 34.4 Å². The quantitative estimate of drug-likeness (QED) is 0.457. The molecule has 0 aliphatic carbocycles. The molecule has 0 amide bonds. The number of fused-ring (bicyclic) bond motifs is 1. The Bertz CT molecular complexity index is 1360. The summed E-state index contributed by atoms with van der Waals surface area (Å²) in [5.74, 6) is -0.285. The molecule has 0 saturated heterocycles. The first kappa shape index (κ1) is 17.4. The van der Waals surface area contributed by atoms with E-state index < -0.39 is 0 Å². The summed E-state index contributed by atoms with van der Waals surface area (Å²) in [6, 6.07) is 15.7. The van der Waals surface area contributed by atoms with Gasteiger partial charge in [0, 0.05) is 10.9 Å². The molecule has 0 spiro atoms. The van der Waals surface area contributed by atoms with Gasteiger partial charge >= 0.3 is 0 Å². The summed E-state index contributed by atoms with van der Waals surface area (Å²) >= 11 is 1.45. The topological polar surface area (TPSA) is 65.6 Å². The van der Waals surface area contributed by atoms with E-state index >= 15 is 0 Å². The maximum Gasteiger partial charge on any atom is 0.264 e. The molecule has 0 atom stereocenters. The van der Waals surface area contributed by atoms with E-state index in [2.05, 4.69) is 15.1 Å². The molecule has 0 fully saturated rings. The highest BCUT2D eigenvalue weighted by Crippen LogP contribution is 2.24. The first-order chi connectivity index (χ1) is 14.2. The van der Waals surface area contributed by atoms with Crippen LogP contribution in [0, 0.1) is 5.82 Å². The third-order valence-electron chi connectivity index (χ3n) is 4.53. The summed E-state index contributed by atoms with van der Waals surface area (Å²) in [5.41, 5.74) is 2.77. The van der Waals surface area contributed by atoms with Gasteiger partial charge in [-0.25, -0.2) is 19.0 Å². The molecule has 0 unspecified atom stereocenters. The number of aromatic nitrogens is 5. The normalized spacial score (nSPS) is 11.2. The highest BCUT2D eigenvalue weighted by Gasteiger charge is 2.13. The van der Waals surface area contributed by atoms with E-state index in [4.69, 9.17) is 0 Å². The van der Waals surface area contributed by atoms with Gasteiger partial charge in [0.1, 0.15) is 22.5 Å². The minimum Gasteiger partial charge on any atom is -0.292 e. The van der Waals surface area contributed by atoms with Crippen LogP contribution in [0.1, 0.15) is 5.69 Å². The largest absolute Gasteiger partial charge is 0.292 e. The fourth-order valence-corrected chi connectivity index (χ4v) is 3.92. The van der Waals surface area contributed by atoms with Crippen LogP contribution in [-0.2, 0) is 6.54 Å². The minimum atomic E-state index is -0.285. The molecule has 3 aromatic heterocycles. The summed E-state index contributed by atoms with van der Waals surface area (Å²) in [6.07, 6.45) is 3.06. The molecule has 142 valence electrons. The van der Waals surface area contributed by atoms with E-state index in [9.17, 15) is 9.18 Å². The summed E-state index contributed by atoms with van der Waals surface area (Å²) in [7, 11) is 0. The standard InChI is InChI=1S/C21H14FN5OS/c22-15-8-6-14(7-9-15)20-25-16(12-29-20)11-26-13-23-19-18(21(26)28)10-24-27(19)17-4-2-1-3-5-17/h1-10,12-13H,11H2. The smallest absolute Gasteiger partial charge is 0.264 e. The predicted octanol–water partition coefficient (Wildman–Crippen LogP) is 3.89. The first-order valence-corrected chi connectivity index (χ1v) is 9.76. The Labute approximate surface area is 168 Å². The summed E-state index contributed by atoms with van der Waals surface area (Å²) in [5, 5.41) is 7.44. The van der Waals surface area contributed by atoms with Gasteiger partial charge in [-0.1, -0.05) is 18.2 Å². The van der Waals surface area contributed by atoms with Crippen molar-refractivity contribution in [2.75, 3.05) is 0 Å². The number of hydrogen-bond donors (Lipinski definition) is 0. The van der Waals surface area contributed by atoms with Crippen LogP contribution in [-0.4, -0.2) is 24.3 Å². The predicted molar refractivity (Wildman–Crippen MR) is 110 cm³/mol. The Morgan fingerprint density at radius 2 is 1.83 bits per heavy atom. The molecular formula is C21H14FN5OS. The Kier molecular flexibility index (Phi) is 4.25. The molecule has 8 heteroatoms. The molecule has 2 aromatic carbocycles. The Morgan fingerprint density at radius 3 is 2.62 bits per heavy atom. The number of rotatable bonds is 4. The number of benzene rings is 2. The lowest BCUT2D eigenvalue weighted by Gasteiger charge is -2.05. The van der Waals surface area contributed by atoms with E-state index in [0.717, 1.165) is 22.0 Å². The van der Waals surface area contributed by atoms with Crippen LogP contribution in [0.4, 0.5) is 4.39 Å². The number of para-hydroxylation sites is 1. The average Bonchev–Trinajstić information content (AvgIpc) is 3.39. The Balaban J connectivity index is 1.47. The lowest BCUT2D eigenvalue weighted by atomic mass is 10.2. The van der Waals surface area contributed by atoms with E-state index in [1.54, 1.807) is 23.0 Å². The van der Waals surface area contributed by atoms with Gasteiger partial charge in [0.2, 0.25) is 0 Å². The van der Waals surface area contributed by atoms with Crippen LogP contribution in [0.5, 0.6) is 0 Å². The lowest BCUT2D eigenvalue weighted by molar-refractivity contribution is 0.628. The van der Waals surface area contributed by atoms with E-state index in [-0.39, 0.29) is 11.4 Å². The van der Waals surface area contributed by atoms with Crippen molar-refractivity contribution in [3.05, 3.63) is 94.4 Å². The molecule has 0 radical (unpaired) electrons. The summed E-state index contributed by atoms with van der Waals surface area (Å²) < 4.78 is 16.3. The second-order valence-corrected chi connectivity index (χ2v) is 7.32. The molecule has 0 bridgehead atoms. The van der Waals surface area contributed by atoms with Gasteiger partial charge in [-0.15, -0.1) is 11.3 Å². The minimum absolute atomic E-state index is 0.173. The third-order valence-corrected chi connectivity index (χ3v) is 5.47. The monoisotopic (exact) mass is 403 g/mol. The van der Waals surface area contributed by atoms with E-state index in [0.29, 0.717) is 17.6 Å². The third kappa shape index (κ3) is 3.23. The molecule has 0 aliphatic heterocycles. The lowest BCUT2D eigenvalue weighted by Crippen LogP contribution is -2.21. The zero-order valence-corrected chi connectivity index (χ0v) is 15.9. The van der Waals surface area contributed by atoms with Gasteiger partial charge in [-0.05, 0) is 36.4 Å². The fraction of sp³-hybridized carbons (Fsp3) is 0.0476. The van der Waals surface area contributed by atoms with E-state index in [1.807, 2.05) is 35.7 Å². The summed E-state index contributed by atoms with van der Waals surface area (Å²) in [6.45, 7) is 0.302. The average molecular weight is 403 g/mol. The number of thiazole rings is 1. The summed E-state index contributed by atoms with van der Waals surface area (Å²) in [4.78, 5) is 21.9. The molecular weight excluding hydrogens is 389 g/mol. The maximum atomic E-state index is 13.1. The van der Waals surface area contributed by atoms with Crippen molar-refractivity contribution < 1.29 is 4.39 Å². The molecule has 3 heterocycles. The second kappa shape index (κ2) is 7.06. The van der Waals surface area contributed by atoms with Gasteiger partial charge in [-0.3, -0.25) is 9.36 Å². The number of hydrogen-bond acceptors (Lipinski definition) is 5. The first-order valence-electron chi connectivity index (χ1n) is 8.88. The maximum absolute atomic E-state index is 13.1. The molecule has 5 aromatic rings. The van der Waals surface area contributed by atoms with Crippen molar-refractivity contribution in [1.29, 1.82) is 0 Å². The fourth-order valence-electron chi connectivity index (χ4n) is 3.10. The van der Waals surface area contributed by atoms with Crippen molar-refractivity contribution in [3.63, 3.8) is 0 Å². The molecule has 5 rings (SSSR count). The highest BCUT2D eigenvalue weighted by atomic mass is 32.1. The van der Waals surface area contributed by atoms with Crippen LogP contribution >= 0.6 is 11.3 Å². The van der Waals surface area contributed by atoms with Crippen molar-refractivity contribution >= 4 is 22.4 Å². The van der Waals surface area contributed by atoms with Gasteiger partial charge in [0.05, 0.1) is 24.1 Å². The van der Waals surface area contributed by atoms with Gasteiger partial charge < -0.3 is 0 Å². The van der Waals surface area contributed by atoms with Gasteiger partial charge in [0.25, 0.3) is 5.56 Å². The van der Waals surface area contributed by atoms with Crippen molar-refractivity contribution in [2.45, 2.75) is 6.54 Å². The zero-order chi connectivity index (χ0) is 19.8. The Morgan fingerprint density at radius 1 is 1.03 bits per heavy atom. The van der Waals surface area contributed by atoms with Crippen LogP contribution < -0.4 is 5.56 Å². The second-order valence-electron chi connectivity index (χ2n) is 6.46. The van der Waals surface area contributed by atoms with Crippen LogP contribution in [0.2, 0.25) is 0 Å². The molecule has 0 aliphatic rings. The molecule has 6 nitrogen and oxygen atoms in total. The molecule has 29 heavy (non-hydrogen) atoms. The van der Waals surface area contributed by atoms with Crippen molar-refractivity contribution in [1.82, 2.24) is 24.3 Å². The van der Waals surface area contributed by atoms with Crippen molar-refractivity contribution in [2.24, 2.45) is 0 Å². The molecule has 0 saturated carbocycles. The van der Waals surface area contributed by atoms with Crippen molar-refractivity contribution in [3.8, 4) is 16.3 Å².